The molecule has 3 rings (SSSR count). The van der Waals surface area contributed by atoms with Gasteiger partial charge in [0.05, 0.1) is 0 Å². The number of rotatable bonds is 1. The molecule has 2 aliphatic carbocycles. The van der Waals surface area contributed by atoms with Crippen molar-refractivity contribution in [1.29, 1.82) is 0 Å². The van der Waals surface area contributed by atoms with Crippen molar-refractivity contribution >= 4 is 5.91 Å². The van der Waals surface area contributed by atoms with Crippen molar-refractivity contribution in [3.05, 3.63) is 23.4 Å². The quantitative estimate of drug-likeness (QED) is 0.629. The molecule has 1 amide bonds. The van der Waals surface area contributed by atoms with Gasteiger partial charge in [-0.3, -0.25) is 4.79 Å². The number of likely N-dealkylation sites (tertiary alicyclic amines) is 1. The maximum absolute atomic E-state index is 12.3. The molecule has 1 aliphatic heterocycles. The van der Waals surface area contributed by atoms with Gasteiger partial charge in [-0.05, 0) is 56.3 Å². The molecule has 122 valence electrons. The van der Waals surface area contributed by atoms with E-state index in [0.717, 1.165) is 24.7 Å². The summed E-state index contributed by atoms with van der Waals surface area (Å²) in [6.45, 7) is 7.07. The molecule has 0 aromatic carbocycles. The van der Waals surface area contributed by atoms with Crippen LogP contribution < -0.4 is 0 Å². The van der Waals surface area contributed by atoms with E-state index in [2.05, 4.69) is 32.9 Å². The van der Waals surface area contributed by atoms with Crippen LogP contribution in [0.25, 0.3) is 0 Å². The molecule has 0 aromatic heterocycles. The van der Waals surface area contributed by atoms with Gasteiger partial charge < -0.3 is 4.90 Å². The van der Waals surface area contributed by atoms with Crippen LogP contribution >= 0.6 is 0 Å². The van der Waals surface area contributed by atoms with Crippen molar-refractivity contribution in [2.75, 3.05) is 7.05 Å². The van der Waals surface area contributed by atoms with Crippen LogP contribution in [0.1, 0.15) is 65.7 Å². The molecule has 1 fully saturated rings. The Hall–Kier alpha value is -1.05. The predicted molar refractivity (Wildman–Crippen MR) is 91.2 cm³/mol. The number of amides is 1. The van der Waals surface area contributed by atoms with Crippen LogP contribution in [0, 0.1) is 23.2 Å². The van der Waals surface area contributed by atoms with E-state index in [9.17, 15) is 4.79 Å². The summed E-state index contributed by atoms with van der Waals surface area (Å²) in [6, 6.07) is 0. The highest BCUT2D eigenvalue weighted by atomic mass is 16.2. The molecule has 4 unspecified atom stereocenters. The summed E-state index contributed by atoms with van der Waals surface area (Å²) in [5, 5.41) is 0. The minimum Gasteiger partial charge on any atom is -0.319 e. The molecular formula is C20H31NO. The van der Waals surface area contributed by atoms with Crippen LogP contribution in [-0.4, -0.2) is 17.9 Å². The third-order valence-electron chi connectivity index (χ3n) is 6.73. The molecule has 0 N–H and O–H groups in total. The van der Waals surface area contributed by atoms with Crippen LogP contribution in [-0.2, 0) is 4.79 Å². The largest absolute Gasteiger partial charge is 0.319 e. The second kappa shape index (κ2) is 5.86. The first kappa shape index (κ1) is 15.8. The summed E-state index contributed by atoms with van der Waals surface area (Å²) in [7, 11) is 1.97. The Morgan fingerprint density at radius 3 is 2.82 bits per heavy atom. The molecule has 22 heavy (non-hydrogen) atoms. The van der Waals surface area contributed by atoms with Crippen LogP contribution in [0.4, 0.5) is 0 Å². The van der Waals surface area contributed by atoms with E-state index in [0.29, 0.717) is 11.8 Å². The van der Waals surface area contributed by atoms with Crippen LogP contribution in [0.2, 0.25) is 0 Å². The monoisotopic (exact) mass is 301 g/mol. The second-order valence-electron chi connectivity index (χ2n) is 7.96. The average Bonchev–Trinajstić information content (AvgIpc) is 2.76. The standard InChI is InChI=1S/C20H31NO/c1-5-15-7-6-8-17-16(14(2)9-10-15)11-12-18-20(17,3)13-19(22)21(18)4/h10,12,14,16-17H,5-9,11,13H2,1-4H3. The van der Waals surface area contributed by atoms with Gasteiger partial charge in [0.1, 0.15) is 0 Å². The predicted octanol–water partition coefficient (Wildman–Crippen LogP) is 4.92. The van der Waals surface area contributed by atoms with E-state index < -0.39 is 0 Å². The lowest BCUT2D eigenvalue weighted by Gasteiger charge is -2.45. The lowest BCUT2D eigenvalue weighted by atomic mass is 9.59. The van der Waals surface area contributed by atoms with Crippen molar-refractivity contribution in [3.8, 4) is 0 Å². The molecule has 3 aliphatic rings. The Labute approximate surface area is 135 Å². The van der Waals surface area contributed by atoms with E-state index in [1.165, 1.54) is 37.8 Å². The highest BCUT2D eigenvalue weighted by molar-refractivity contribution is 5.83. The first-order valence-corrected chi connectivity index (χ1v) is 9.12. The number of nitrogens with zero attached hydrogens (tertiary/aromatic N) is 1. The smallest absolute Gasteiger partial charge is 0.227 e. The van der Waals surface area contributed by atoms with E-state index in [1.807, 2.05) is 11.9 Å². The van der Waals surface area contributed by atoms with E-state index in [1.54, 1.807) is 5.57 Å². The van der Waals surface area contributed by atoms with Crippen molar-refractivity contribution in [3.63, 3.8) is 0 Å². The Morgan fingerprint density at radius 1 is 1.32 bits per heavy atom. The first-order chi connectivity index (χ1) is 10.5. The fourth-order valence-corrected chi connectivity index (χ4v) is 5.28. The maximum Gasteiger partial charge on any atom is 0.227 e. The van der Waals surface area contributed by atoms with Crippen LogP contribution in [0.5, 0.6) is 0 Å². The molecule has 2 heteroatoms. The van der Waals surface area contributed by atoms with E-state index >= 15 is 0 Å². The minimum absolute atomic E-state index is 0.0831. The average molecular weight is 301 g/mol. The Morgan fingerprint density at radius 2 is 2.09 bits per heavy atom. The maximum atomic E-state index is 12.3. The molecular weight excluding hydrogens is 270 g/mol. The third-order valence-corrected chi connectivity index (χ3v) is 6.73. The van der Waals surface area contributed by atoms with Gasteiger partial charge >= 0.3 is 0 Å². The van der Waals surface area contributed by atoms with Gasteiger partial charge in [-0.15, -0.1) is 0 Å². The zero-order chi connectivity index (χ0) is 15.9. The van der Waals surface area contributed by atoms with E-state index in [-0.39, 0.29) is 5.41 Å². The number of carbonyl (C=O) groups is 1. The molecule has 1 saturated heterocycles. The summed E-state index contributed by atoms with van der Waals surface area (Å²) in [5.41, 5.74) is 3.04. The lowest BCUT2D eigenvalue weighted by molar-refractivity contribution is -0.126. The summed E-state index contributed by atoms with van der Waals surface area (Å²) in [6.07, 6.45) is 13.0. The Balaban J connectivity index is 1.91. The summed E-state index contributed by atoms with van der Waals surface area (Å²) in [5.74, 6) is 2.44. The highest BCUT2D eigenvalue weighted by Crippen LogP contribution is 2.56. The zero-order valence-electron chi connectivity index (χ0n) is 14.7. The topological polar surface area (TPSA) is 20.3 Å². The number of hydrogen-bond donors (Lipinski definition) is 0. The van der Waals surface area contributed by atoms with Gasteiger partial charge in [-0.25, -0.2) is 0 Å². The van der Waals surface area contributed by atoms with Gasteiger partial charge in [-0.2, -0.15) is 0 Å². The van der Waals surface area contributed by atoms with Crippen molar-refractivity contribution in [2.24, 2.45) is 23.2 Å². The van der Waals surface area contributed by atoms with Gasteiger partial charge in [0.15, 0.2) is 0 Å². The Bertz CT molecular complexity index is 518. The molecule has 1 heterocycles. The zero-order valence-corrected chi connectivity index (χ0v) is 14.7. The van der Waals surface area contributed by atoms with Gasteiger partial charge in [0.2, 0.25) is 5.91 Å². The molecule has 0 saturated carbocycles. The van der Waals surface area contributed by atoms with Crippen LogP contribution in [0.15, 0.2) is 23.4 Å². The second-order valence-corrected chi connectivity index (χ2v) is 7.96. The number of allylic oxidation sites excluding steroid dienone is 4. The number of fused-ring (bicyclic) bond motifs is 3. The minimum atomic E-state index is 0.0831. The van der Waals surface area contributed by atoms with Gasteiger partial charge in [0.25, 0.3) is 0 Å². The molecule has 2 nitrogen and oxygen atoms in total. The van der Waals surface area contributed by atoms with Crippen molar-refractivity contribution < 1.29 is 4.79 Å². The molecule has 0 bridgehead atoms. The summed E-state index contributed by atoms with van der Waals surface area (Å²) >= 11 is 0. The summed E-state index contributed by atoms with van der Waals surface area (Å²) in [4.78, 5) is 14.2. The van der Waals surface area contributed by atoms with Crippen LogP contribution in [0.3, 0.4) is 0 Å². The van der Waals surface area contributed by atoms with E-state index in [4.69, 9.17) is 0 Å². The lowest BCUT2D eigenvalue weighted by Crippen LogP contribution is -2.39. The fourth-order valence-electron chi connectivity index (χ4n) is 5.28. The van der Waals surface area contributed by atoms with Gasteiger partial charge in [-0.1, -0.05) is 38.5 Å². The molecule has 4 atom stereocenters. The summed E-state index contributed by atoms with van der Waals surface area (Å²) < 4.78 is 0. The fraction of sp³-hybridized carbons (Fsp3) is 0.750. The molecule has 0 aromatic rings. The van der Waals surface area contributed by atoms with Gasteiger partial charge in [0, 0.05) is 24.6 Å². The van der Waals surface area contributed by atoms with Crippen molar-refractivity contribution in [1.82, 2.24) is 4.90 Å². The normalized spacial score (nSPS) is 39.2. The number of hydrogen-bond acceptors (Lipinski definition) is 1. The Kier molecular flexibility index (Phi) is 4.22. The molecule has 0 radical (unpaired) electrons. The molecule has 0 spiro atoms. The third kappa shape index (κ3) is 2.45. The first-order valence-electron chi connectivity index (χ1n) is 9.12. The number of carbonyl (C=O) groups excluding carboxylic acids is 1. The van der Waals surface area contributed by atoms with Crippen molar-refractivity contribution in [2.45, 2.75) is 65.7 Å². The SMILES string of the molecule is CCC1=CCC(C)C2CC=C3N(C)C(=O)CC3(C)C2CCC1. The highest BCUT2D eigenvalue weighted by Gasteiger charge is 2.52.